The zero-order valence-corrected chi connectivity index (χ0v) is 16.3. The van der Waals surface area contributed by atoms with Gasteiger partial charge < -0.3 is 15.2 Å². The van der Waals surface area contributed by atoms with Crippen molar-refractivity contribution in [3.8, 4) is 5.75 Å². The molecule has 1 aromatic carbocycles. The Morgan fingerprint density at radius 1 is 1.21 bits per heavy atom. The second kappa shape index (κ2) is 8.42. The molecule has 28 heavy (non-hydrogen) atoms. The molecule has 6 heteroatoms. The van der Waals surface area contributed by atoms with E-state index in [-0.39, 0.29) is 12.3 Å². The molecule has 0 aliphatic heterocycles. The van der Waals surface area contributed by atoms with Gasteiger partial charge in [0, 0.05) is 23.5 Å². The monoisotopic (exact) mass is 382 g/mol. The number of aliphatic carboxylic acids is 1. The van der Waals surface area contributed by atoms with E-state index in [0.717, 1.165) is 35.3 Å². The van der Waals surface area contributed by atoms with Crippen LogP contribution in [0.4, 0.5) is 0 Å². The summed E-state index contributed by atoms with van der Waals surface area (Å²) in [6.45, 7) is 4.22. The van der Waals surface area contributed by atoms with Crippen molar-refractivity contribution in [1.29, 1.82) is 0 Å². The molecule has 0 spiro atoms. The molecule has 6 nitrogen and oxygen atoms in total. The number of carboxylic acids is 1. The number of nitrogens with one attached hydrogen (secondary N) is 1. The van der Waals surface area contributed by atoms with Crippen LogP contribution in [0, 0.1) is 13.8 Å². The third-order valence-electron chi connectivity index (χ3n) is 5.26. The minimum atomic E-state index is -0.881. The molecule has 1 fully saturated rings. The smallest absolute Gasteiger partial charge is 0.305 e. The largest absolute Gasteiger partial charge is 0.488 e. The van der Waals surface area contributed by atoms with E-state index in [4.69, 9.17) is 4.74 Å². The number of hydrogen-bond acceptors (Lipinski definition) is 4. The van der Waals surface area contributed by atoms with Crippen LogP contribution in [0.15, 0.2) is 36.7 Å². The quantitative estimate of drug-likeness (QED) is 0.760. The van der Waals surface area contributed by atoms with E-state index in [2.05, 4.69) is 10.3 Å². The van der Waals surface area contributed by atoms with Crippen LogP contribution in [0.3, 0.4) is 0 Å². The first-order valence-electron chi connectivity index (χ1n) is 9.56. The minimum Gasteiger partial charge on any atom is -0.488 e. The van der Waals surface area contributed by atoms with Gasteiger partial charge in [0.15, 0.2) is 0 Å². The zero-order chi connectivity index (χ0) is 20.1. The number of aryl methyl sites for hydroxylation is 2. The first-order chi connectivity index (χ1) is 13.4. The molecule has 1 aliphatic rings. The Morgan fingerprint density at radius 2 is 1.89 bits per heavy atom. The topological polar surface area (TPSA) is 88.5 Å². The Hall–Kier alpha value is -2.89. The van der Waals surface area contributed by atoms with Crippen LogP contribution in [0.2, 0.25) is 0 Å². The van der Waals surface area contributed by atoms with Crippen molar-refractivity contribution in [3.63, 3.8) is 0 Å². The highest BCUT2D eigenvalue weighted by Gasteiger charge is 2.37. The molecule has 1 aromatic heterocycles. The summed E-state index contributed by atoms with van der Waals surface area (Å²) in [4.78, 5) is 28.2. The van der Waals surface area contributed by atoms with Crippen molar-refractivity contribution >= 4 is 11.9 Å². The molecule has 1 heterocycles. The number of pyridine rings is 1. The van der Waals surface area contributed by atoms with Gasteiger partial charge in [-0.05, 0) is 56.0 Å². The fraction of sp³-hybridized carbons (Fsp3) is 0.409. The van der Waals surface area contributed by atoms with Gasteiger partial charge >= 0.3 is 5.97 Å². The molecule has 2 N–H and O–H groups in total. The molecule has 0 bridgehead atoms. The number of nitrogens with zero attached hydrogens (tertiary/aromatic N) is 1. The normalized spacial score (nSPS) is 15.2. The number of ether oxygens (including phenoxy) is 1. The second-order valence-electron chi connectivity index (χ2n) is 7.60. The molecule has 0 saturated heterocycles. The van der Waals surface area contributed by atoms with Crippen LogP contribution in [0.25, 0.3) is 0 Å². The number of carboxylic acid groups (broad SMARTS) is 1. The van der Waals surface area contributed by atoms with Crippen molar-refractivity contribution in [1.82, 2.24) is 10.3 Å². The summed E-state index contributed by atoms with van der Waals surface area (Å²) in [7, 11) is 0. The van der Waals surface area contributed by atoms with Crippen LogP contribution in [0.5, 0.6) is 5.75 Å². The van der Waals surface area contributed by atoms with E-state index < -0.39 is 11.5 Å². The van der Waals surface area contributed by atoms with Crippen molar-refractivity contribution in [2.24, 2.45) is 0 Å². The lowest BCUT2D eigenvalue weighted by molar-refractivity contribution is -0.138. The Bertz CT molecular complexity index is 835. The van der Waals surface area contributed by atoms with Gasteiger partial charge in [-0.1, -0.05) is 18.9 Å². The van der Waals surface area contributed by atoms with Gasteiger partial charge in [0.05, 0.1) is 12.0 Å². The molecule has 1 amide bonds. The molecular formula is C22H26N2O4. The van der Waals surface area contributed by atoms with Gasteiger partial charge in [-0.3, -0.25) is 14.6 Å². The molecule has 0 atom stereocenters. The van der Waals surface area contributed by atoms with Crippen LogP contribution >= 0.6 is 0 Å². The van der Waals surface area contributed by atoms with Crippen molar-refractivity contribution in [2.75, 3.05) is 0 Å². The maximum absolute atomic E-state index is 12.8. The summed E-state index contributed by atoms with van der Waals surface area (Å²) in [5, 5.41) is 12.2. The summed E-state index contributed by atoms with van der Waals surface area (Å²) in [6.07, 6.45) is 6.72. The van der Waals surface area contributed by atoms with Gasteiger partial charge in [-0.2, -0.15) is 0 Å². The summed E-state index contributed by atoms with van der Waals surface area (Å²) in [6, 6.07) is 7.40. The third kappa shape index (κ3) is 4.68. The van der Waals surface area contributed by atoms with Crippen molar-refractivity contribution in [3.05, 3.63) is 58.9 Å². The Labute approximate surface area is 164 Å². The lowest BCUT2D eigenvalue weighted by atomic mass is 9.92. The lowest BCUT2D eigenvalue weighted by Crippen LogP contribution is -2.47. The summed E-state index contributed by atoms with van der Waals surface area (Å²) in [5.41, 5.74) is 2.60. The van der Waals surface area contributed by atoms with Gasteiger partial charge in [0.2, 0.25) is 0 Å². The fourth-order valence-corrected chi connectivity index (χ4v) is 3.95. The SMILES string of the molecule is Cc1cc(C(=O)NC2(CC(=O)O)CCCC2)cc(C)c1OCc1cccnc1. The Morgan fingerprint density at radius 3 is 2.46 bits per heavy atom. The molecule has 0 unspecified atom stereocenters. The van der Waals surface area contributed by atoms with Crippen LogP contribution < -0.4 is 10.1 Å². The van der Waals surface area contributed by atoms with Crippen LogP contribution in [0.1, 0.15) is 59.2 Å². The summed E-state index contributed by atoms with van der Waals surface area (Å²) >= 11 is 0. The Balaban J connectivity index is 1.74. The number of hydrogen-bond donors (Lipinski definition) is 2. The number of aromatic nitrogens is 1. The molecular weight excluding hydrogens is 356 g/mol. The van der Waals surface area contributed by atoms with Gasteiger partial charge in [-0.15, -0.1) is 0 Å². The highest BCUT2D eigenvalue weighted by atomic mass is 16.5. The number of carbonyl (C=O) groups is 2. The van der Waals surface area contributed by atoms with Crippen molar-refractivity contribution < 1.29 is 19.4 Å². The van der Waals surface area contributed by atoms with E-state index in [9.17, 15) is 14.7 Å². The van der Waals surface area contributed by atoms with Crippen molar-refractivity contribution in [2.45, 2.75) is 58.1 Å². The van der Waals surface area contributed by atoms with E-state index in [1.165, 1.54) is 0 Å². The molecule has 148 valence electrons. The average Bonchev–Trinajstić information content (AvgIpc) is 3.08. The fourth-order valence-electron chi connectivity index (χ4n) is 3.95. The predicted molar refractivity (Wildman–Crippen MR) is 105 cm³/mol. The lowest BCUT2D eigenvalue weighted by Gasteiger charge is -2.29. The summed E-state index contributed by atoms with van der Waals surface area (Å²) < 4.78 is 5.94. The minimum absolute atomic E-state index is 0.0387. The molecule has 1 saturated carbocycles. The van der Waals surface area contributed by atoms with E-state index >= 15 is 0 Å². The maximum atomic E-state index is 12.8. The maximum Gasteiger partial charge on any atom is 0.305 e. The van der Waals surface area contributed by atoms with Crippen LogP contribution in [-0.2, 0) is 11.4 Å². The number of benzene rings is 1. The zero-order valence-electron chi connectivity index (χ0n) is 16.3. The van der Waals surface area contributed by atoms with Gasteiger partial charge in [-0.25, -0.2) is 0 Å². The number of amides is 1. The Kier molecular flexibility index (Phi) is 5.97. The molecule has 1 aliphatic carbocycles. The second-order valence-corrected chi connectivity index (χ2v) is 7.60. The highest BCUT2D eigenvalue weighted by Crippen LogP contribution is 2.33. The van der Waals surface area contributed by atoms with E-state index in [1.807, 2.05) is 26.0 Å². The first-order valence-corrected chi connectivity index (χ1v) is 9.56. The van der Waals surface area contributed by atoms with Gasteiger partial charge in [0.25, 0.3) is 5.91 Å². The molecule has 2 aromatic rings. The third-order valence-corrected chi connectivity index (χ3v) is 5.26. The number of carbonyl (C=O) groups excluding carboxylic acids is 1. The summed E-state index contributed by atoms with van der Waals surface area (Å²) in [5.74, 6) is -0.358. The first kappa shape index (κ1) is 19.9. The van der Waals surface area contributed by atoms with Crippen LogP contribution in [-0.4, -0.2) is 27.5 Å². The standard InChI is InChI=1S/C22H26N2O4/c1-15-10-18(21(27)24-22(12-19(25)26)7-3-4-8-22)11-16(2)20(15)28-14-17-6-5-9-23-13-17/h5-6,9-11,13H,3-4,7-8,12,14H2,1-2H3,(H,24,27)(H,25,26). The van der Waals surface area contributed by atoms with E-state index in [1.54, 1.807) is 24.5 Å². The van der Waals surface area contributed by atoms with E-state index in [0.29, 0.717) is 25.0 Å². The molecule has 3 rings (SSSR count). The molecule has 0 radical (unpaired) electrons. The number of rotatable bonds is 7. The van der Waals surface area contributed by atoms with Gasteiger partial charge in [0.1, 0.15) is 12.4 Å². The predicted octanol–water partition coefficient (Wildman–Crippen LogP) is 3.79. The average molecular weight is 382 g/mol. The highest BCUT2D eigenvalue weighted by molar-refractivity contribution is 5.95.